The van der Waals surface area contributed by atoms with Crippen LogP contribution in [0, 0.1) is 0 Å². The van der Waals surface area contributed by atoms with Crippen LogP contribution in [0.4, 0.5) is 4.79 Å². The van der Waals surface area contributed by atoms with E-state index < -0.39 is 31.6 Å². The van der Waals surface area contributed by atoms with Crippen molar-refractivity contribution in [3.05, 3.63) is 12.7 Å². The van der Waals surface area contributed by atoms with E-state index in [0.29, 0.717) is 19.3 Å². The van der Waals surface area contributed by atoms with Gasteiger partial charge in [-0.15, -0.1) is 6.58 Å². The van der Waals surface area contributed by atoms with Crippen LogP contribution in [0.3, 0.4) is 0 Å². The second kappa shape index (κ2) is 41.7. The van der Waals surface area contributed by atoms with Crippen molar-refractivity contribution in [2.24, 2.45) is 0 Å². The van der Waals surface area contributed by atoms with E-state index in [9.17, 15) is 18.9 Å². The number of carbonyl (C=O) groups is 3. The quantitative estimate of drug-likeness (QED) is 0.0205. The molecule has 0 saturated carbocycles. The fourth-order valence-corrected chi connectivity index (χ4v) is 8.02. The molecule has 0 rings (SSSR count). The molecule has 12 nitrogen and oxygen atoms in total. The second-order valence-corrected chi connectivity index (χ2v) is 19.4. The summed E-state index contributed by atoms with van der Waals surface area (Å²) in [6.45, 7) is 15.1. The van der Waals surface area contributed by atoms with Gasteiger partial charge in [0, 0.05) is 25.8 Å². The molecular formula is C49H94NO11P. The monoisotopic (exact) mass is 904 g/mol. The van der Waals surface area contributed by atoms with Gasteiger partial charge < -0.3 is 24.3 Å². The van der Waals surface area contributed by atoms with E-state index in [0.717, 1.165) is 70.6 Å². The summed E-state index contributed by atoms with van der Waals surface area (Å²) in [5.74, 6) is -0.552. The highest BCUT2D eigenvalue weighted by Gasteiger charge is 2.30. The lowest BCUT2D eigenvalue weighted by Gasteiger charge is -2.23. The van der Waals surface area contributed by atoms with E-state index in [2.05, 4.69) is 32.7 Å². The molecule has 0 aromatic rings. The van der Waals surface area contributed by atoms with Gasteiger partial charge in [0.05, 0.1) is 33.0 Å². The highest BCUT2D eigenvalue weighted by molar-refractivity contribution is 7.48. The van der Waals surface area contributed by atoms with Crippen LogP contribution in [-0.2, 0) is 46.7 Å². The zero-order chi connectivity index (χ0) is 46.0. The maximum atomic E-state index is 13.6. The average molecular weight is 904 g/mol. The predicted octanol–water partition coefficient (Wildman–Crippen LogP) is 14.1. The third-order valence-corrected chi connectivity index (χ3v) is 11.8. The summed E-state index contributed by atoms with van der Waals surface area (Å²) in [5.41, 5.74) is -0.676. The van der Waals surface area contributed by atoms with Crippen molar-refractivity contribution in [1.29, 1.82) is 0 Å². The number of phosphoric ester groups is 1. The zero-order valence-electron chi connectivity index (χ0n) is 40.6. The number of carbonyl (C=O) groups excluding carboxylic acids is 3. The van der Waals surface area contributed by atoms with Gasteiger partial charge in [0.2, 0.25) is 0 Å². The number of phosphoric acid groups is 1. The lowest BCUT2D eigenvalue weighted by molar-refractivity contribution is -0.156. The van der Waals surface area contributed by atoms with Crippen molar-refractivity contribution in [1.82, 2.24) is 5.32 Å². The standard InChI is InChI=1S/C49H94NO11P/c1-8-12-15-18-20-22-23-25-27-30-33-36-47(52)60-45(43-58-62(54,56-39-11-4)57-41-38-50-48(53)61-49(5,6)7)42-55-40-37-44(34-31-28-17-14-10-3)59-46(51)35-32-29-26-24-21-19-16-13-9-2/h11,44-45H,4,8-10,12-43H2,1-3,5-7H3,(H,50,53)/t44-,45?,62?/m1/s1. The van der Waals surface area contributed by atoms with Gasteiger partial charge in [0.1, 0.15) is 17.8 Å². The van der Waals surface area contributed by atoms with Gasteiger partial charge in [-0.2, -0.15) is 0 Å². The van der Waals surface area contributed by atoms with Crippen molar-refractivity contribution < 1.29 is 51.5 Å². The van der Waals surface area contributed by atoms with Crippen LogP contribution < -0.4 is 5.32 Å². The first kappa shape index (κ1) is 60.0. The lowest BCUT2D eigenvalue weighted by atomic mass is 10.1. The Hall–Kier alpha value is -1.98. The molecule has 0 aromatic carbocycles. The highest BCUT2D eigenvalue weighted by Crippen LogP contribution is 2.49. The molecule has 3 atom stereocenters. The summed E-state index contributed by atoms with van der Waals surface area (Å²) in [5, 5.41) is 2.55. The molecule has 0 spiro atoms. The van der Waals surface area contributed by atoms with E-state index in [4.69, 9.17) is 32.5 Å². The lowest BCUT2D eigenvalue weighted by Crippen LogP contribution is -2.34. The van der Waals surface area contributed by atoms with E-state index in [1.165, 1.54) is 96.0 Å². The number of rotatable bonds is 45. The van der Waals surface area contributed by atoms with Gasteiger partial charge in [0.25, 0.3) is 0 Å². The van der Waals surface area contributed by atoms with Crippen LogP contribution in [0.25, 0.3) is 0 Å². The van der Waals surface area contributed by atoms with Crippen LogP contribution >= 0.6 is 7.82 Å². The normalized spacial score (nSPS) is 13.6. The van der Waals surface area contributed by atoms with Gasteiger partial charge in [0.15, 0.2) is 0 Å². The fraction of sp³-hybridized carbons (Fsp3) is 0.898. The third kappa shape index (κ3) is 40.8. The molecule has 0 aliphatic carbocycles. The summed E-state index contributed by atoms with van der Waals surface area (Å²) in [7, 11) is -4.16. The van der Waals surface area contributed by atoms with Gasteiger partial charge in [-0.05, 0) is 46.5 Å². The molecule has 0 saturated heterocycles. The molecule has 0 aliphatic rings. The molecule has 366 valence electrons. The zero-order valence-corrected chi connectivity index (χ0v) is 41.5. The molecule has 2 unspecified atom stereocenters. The van der Waals surface area contributed by atoms with Crippen molar-refractivity contribution in [2.75, 3.05) is 39.6 Å². The smallest absolute Gasteiger partial charge is 0.462 e. The number of hydrogen-bond donors (Lipinski definition) is 1. The van der Waals surface area contributed by atoms with Gasteiger partial charge >= 0.3 is 25.9 Å². The number of amides is 1. The minimum Gasteiger partial charge on any atom is -0.462 e. The van der Waals surface area contributed by atoms with E-state index in [1.54, 1.807) is 20.8 Å². The molecule has 0 aliphatic heterocycles. The SMILES string of the molecule is C=CCOP(=O)(OCCNC(=O)OC(C)(C)C)OCC(COCC[C@@H](CCCCCCC)OC(=O)CCCCCCCCCCC)OC(=O)CCCCCCCCCCCCC. The maximum absolute atomic E-state index is 13.6. The van der Waals surface area contributed by atoms with Crippen LogP contribution in [-0.4, -0.2) is 75.4 Å². The Bertz CT molecular complexity index is 1130. The summed E-state index contributed by atoms with van der Waals surface area (Å²) >= 11 is 0. The Kier molecular flexibility index (Phi) is 40.4. The van der Waals surface area contributed by atoms with E-state index >= 15 is 0 Å². The van der Waals surface area contributed by atoms with Gasteiger partial charge in [-0.25, -0.2) is 9.36 Å². The molecule has 0 aromatic heterocycles. The Labute approximate surface area is 379 Å². The number of unbranched alkanes of at least 4 members (excludes halogenated alkanes) is 22. The fourth-order valence-electron chi connectivity index (χ4n) is 6.84. The molecule has 0 bridgehead atoms. The number of alkyl carbamates (subject to hydrolysis) is 1. The molecular weight excluding hydrogens is 810 g/mol. The summed E-state index contributed by atoms with van der Waals surface area (Å²) < 4.78 is 53.3. The third-order valence-electron chi connectivity index (χ3n) is 10.4. The first-order valence-corrected chi connectivity index (χ1v) is 26.4. The van der Waals surface area contributed by atoms with Crippen molar-refractivity contribution in [2.45, 2.75) is 246 Å². The predicted molar refractivity (Wildman–Crippen MR) is 251 cm³/mol. The average Bonchev–Trinajstić information content (AvgIpc) is 3.22. The Morgan fingerprint density at radius 1 is 0.565 bits per heavy atom. The Morgan fingerprint density at radius 3 is 1.48 bits per heavy atom. The molecule has 1 N–H and O–H groups in total. The van der Waals surface area contributed by atoms with Crippen LogP contribution in [0.15, 0.2) is 12.7 Å². The first-order chi connectivity index (χ1) is 29.9. The Balaban J connectivity index is 5.32. The molecule has 13 heteroatoms. The minimum atomic E-state index is -4.16. The Morgan fingerprint density at radius 2 is 1.02 bits per heavy atom. The largest absolute Gasteiger partial charge is 0.475 e. The number of hydrogen-bond acceptors (Lipinski definition) is 11. The van der Waals surface area contributed by atoms with Crippen molar-refractivity contribution >= 4 is 25.9 Å². The summed E-state index contributed by atoms with van der Waals surface area (Å²) in [4.78, 5) is 38.0. The van der Waals surface area contributed by atoms with Crippen LogP contribution in [0.2, 0.25) is 0 Å². The van der Waals surface area contributed by atoms with Gasteiger partial charge in [-0.3, -0.25) is 23.2 Å². The molecule has 0 heterocycles. The molecule has 0 fully saturated rings. The summed E-state index contributed by atoms with van der Waals surface area (Å²) in [6, 6.07) is 0. The maximum Gasteiger partial charge on any atom is 0.475 e. The number of esters is 2. The van der Waals surface area contributed by atoms with Crippen molar-refractivity contribution in [3.63, 3.8) is 0 Å². The van der Waals surface area contributed by atoms with Crippen molar-refractivity contribution in [3.8, 4) is 0 Å². The molecule has 0 radical (unpaired) electrons. The van der Waals surface area contributed by atoms with E-state index in [-0.39, 0.29) is 58.1 Å². The highest BCUT2D eigenvalue weighted by atomic mass is 31.2. The van der Waals surface area contributed by atoms with Crippen LogP contribution in [0.1, 0.15) is 228 Å². The van der Waals surface area contributed by atoms with Crippen LogP contribution in [0.5, 0.6) is 0 Å². The second-order valence-electron chi connectivity index (χ2n) is 17.7. The summed E-state index contributed by atoms with van der Waals surface area (Å²) in [6.07, 6.45) is 30.7. The minimum absolute atomic E-state index is 0.0102. The number of nitrogens with one attached hydrogen (secondary N) is 1. The molecule has 1 amide bonds. The van der Waals surface area contributed by atoms with E-state index in [1.807, 2.05) is 0 Å². The van der Waals surface area contributed by atoms with Gasteiger partial charge in [-0.1, -0.05) is 168 Å². The first-order valence-electron chi connectivity index (χ1n) is 25.0. The number of ether oxygens (including phenoxy) is 4. The topological polar surface area (TPSA) is 145 Å². The molecule has 62 heavy (non-hydrogen) atoms.